The summed E-state index contributed by atoms with van der Waals surface area (Å²) in [4.78, 5) is 27.6. The molecule has 0 aromatic heterocycles. The molecule has 19 heavy (non-hydrogen) atoms. The highest BCUT2D eigenvalue weighted by atomic mass is 79.9. The van der Waals surface area contributed by atoms with E-state index in [1.807, 2.05) is 19.2 Å². The molecule has 102 valence electrons. The van der Waals surface area contributed by atoms with Crippen LogP contribution in [0.3, 0.4) is 0 Å². The van der Waals surface area contributed by atoms with Crippen LogP contribution >= 0.6 is 15.9 Å². The number of nitrogens with zero attached hydrogens (tertiary/aromatic N) is 2. The minimum Gasteiger partial charge on any atom is -0.291 e. The lowest BCUT2D eigenvalue weighted by Crippen LogP contribution is -2.39. The Kier molecular flexibility index (Phi) is 4.37. The van der Waals surface area contributed by atoms with Gasteiger partial charge in [-0.3, -0.25) is 19.4 Å². The van der Waals surface area contributed by atoms with E-state index in [9.17, 15) is 9.59 Å². The van der Waals surface area contributed by atoms with E-state index in [0.717, 1.165) is 23.9 Å². The first kappa shape index (κ1) is 14.2. The van der Waals surface area contributed by atoms with E-state index in [-0.39, 0.29) is 0 Å². The average molecular weight is 325 g/mol. The fourth-order valence-corrected chi connectivity index (χ4v) is 2.51. The number of hydrogen-bond donors (Lipinski definition) is 0. The molecule has 1 heterocycles. The maximum Gasteiger partial charge on any atom is 0.300 e. The number of carbonyl (C=O) groups is 2. The number of carbonyl (C=O) groups excluding carboxylic acids is 2. The van der Waals surface area contributed by atoms with Gasteiger partial charge in [0.2, 0.25) is 0 Å². The van der Waals surface area contributed by atoms with Gasteiger partial charge in [0.25, 0.3) is 5.78 Å². The number of ketones is 1. The van der Waals surface area contributed by atoms with Gasteiger partial charge in [0.05, 0.1) is 17.9 Å². The molecule has 0 aliphatic carbocycles. The van der Waals surface area contributed by atoms with Crippen LogP contribution in [0.15, 0.2) is 22.7 Å². The standard InChI is InChI=1S/C14H17BrN2O2/c1-3-4-7-16(2)9-17-12-6-5-10(15)8-11(12)13(18)14(17)19/h5-6,8H,3-4,7,9H2,1-2H3. The van der Waals surface area contributed by atoms with Crippen LogP contribution in [0.1, 0.15) is 30.1 Å². The Balaban J connectivity index is 2.19. The summed E-state index contributed by atoms with van der Waals surface area (Å²) in [7, 11) is 1.96. The van der Waals surface area contributed by atoms with Crippen LogP contribution in [-0.2, 0) is 4.79 Å². The number of Topliss-reactive ketones (excluding diaryl/α,β-unsaturated/α-hetero) is 1. The van der Waals surface area contributed by atoms with Gasteiger partial charge in [0.15, 0.2) is 0 Å². The maximum absolute atomic E-state index is 12.0. The number of unbranched alkanes of at least 4 members (excludes halogenated alkanes) is 1. The zero-order chi connectivity index (χ0) is 14.0. The second-order valence-corrected chi connectivity index (χ2v) is 5.71. The summed E-state index contributed by atoms with van der Waals surface area (Å²) in [6.07, 6.45) is 2.19. The number of benzene rings is 1. The summed E-state index contributed by atoms with van der Waals surface area (Å²) < 4.78 is 0.814. The molecule has 0 N–H and O–H groups in total. The van der Waals surface area contributed by atoms with Gasteiger partial charge in [-0.05, 0) is 38.2 Å². The second-order valence-electron chi connectivity index (χ2n) is 4.80. The first-order valence-electron chi connectivity index (χ1n) is 6.39. The third kappa shape index (κ3) is 2.87. The smallest absolute Gasteiger partial charge is 0.291 e. The lowest BCUT2D eigenvalue weighted by atomic mass is 10.1. The molecule has 1 aromatic rings. The van der Waals surface area contributed by atoms with Crippen LogP contribution in [0.25, 0.3) is 0 Å². The quantitative estimate of drug-likeness (QED) is 0.782. The topological polar surface area (TPSA) is 40.6 Å². The Morgan fingerprint density at radius 1 is 1.32 bits per heavy atom. The van der Waals surface area contributed by atoms with Gasteiger partial charge in [-0.15, -0.1) is 0 Å². The van der Waals surface area contributed by atoms with Gasteiger partial charge in [0.1, 0.15) is 0 Å². The van der Waals surface area contributed by atoms with Crippen LogP contribution in [-0.4, -0.2) is 36.9 Å². The third-order valence-corrected chi connectivity index (χ3v) is 3.70. The van der Waals surface area contributed by atoms with Crippen molar-refractivity contribution in [1.29, 1.82) is 0 Å². The molecule has 1 aliphatic heterocycles. The van der Waals surface area contributed by atoms with Gasteiger partial charge in [0, 0.05) is 4.47 Å². The molecule has 1 aliphatic rings. The molecule has 0 saturated heterocycles. The molecule has 0 spiro atoms. The third-order valence-electron chi connectivity index (χ3n) is 3.21. The van der Waals surface area contributed by atoms with E-state index in [1.54, 1.807) is 11.0 Å². The minimum absolute atomic E-state index is 0.416. The van der Waals surface area contributed by atoms with Gasteiger partial charge in [-0.1, -0.05) is 29.3 Å². The predicted molar refractivity (Wildman–Crippen MR) is 78.4 cm³/mol. The number of fused-ring (bicyclic) bond motifs is 1. The molecule has 0 saturated carbocycles. The summed E-state index contributed by atoms with van der Waals surface area (Å²) in [5.74, 6) is -0.850. The number of halogens is 1. The van der Waals surface area contributed by atoms with Crippen molar-refractivity contribution in [3.8, 4) is 0 Å². The molecule has 4 nitrogen and oxygen atoms in total. The van der Waals surface area contributed by atoms with Crippen molar-refractivity contribution < 1.29 is 9.59 Å². The predicted octanol–water partition coefficient (Wildman–Crippen LogP) is 2.67. The fourth-order valence-electron chi connectivity index (χ4n) is 2.15. The molecule has 0 atom stereocenters. The van der Waals surface area contributed by atoms with E-state index in [0.29, 0.717) is 17.9 Å². The molecule has 1 amide bonds. The van der Waals surface area contributed by atoms with Gasteiger partial charge in [-0.25, -0.2) is 0 Å². The van der Waals surface area contributed by atoms with Crippen molar-refractivity contribution in [2.75, 3.05) is 25.2 Å². The van der Waals surface area contributed by atoms with Crippen molar-refractivity contribution in [3.05, 3.63) is 28.2 Å². The summed E-state index contributed by atoms with van der Waals surface area (Å²) in [6.45, 7) is 3.50. The molecular formula is C14H17BrN2O2. The van der Waals surface area contributed by atoms with Crippen LogP contribution < -0.4 is 4.90 Å². The van der Waals surface area contributed by atoms with Gasteiger partial charge < -0.3 is 0 Å². The van der Waals surface area contributed by atoms with Crippen LogP contribution in [0, 0.1) is 0 Å². The molecule has 1 aromatic carbocycles. The van der Waals surface area contributed by atoms with E-state index in [2.05, 4.69) is 27.8 Å². The molecule has 5 heteroatoms. The van der Waals surface area contributed by atoms with Gasteiger partial charge in [-0.2, -0.15) is 0 Å². The maximum atomic E-state index is 12.0. The molecule has 0 radical (unpaired) electrons. The first-order chi connectivity index (χ1) is 9.04. The monoisotopic (exact) mass is 324 g/mol. The first-order valence-corrected chi connectivity index (χ1v) is 7.18. The lowest BCUT2D eigenvalue weighted by Gasteiger charge is -2.24. The van der Waals surface area contributed by atoms with Crippen LogP contribution in [0.2, 0.25) is 0 Å². The van der Waals surface area contributed by atoms with Crippen LogP contribution in [0.4, 0.5) is 5.69 Å². The zero-order valence-electron chi connectivity index (χ0n) is 11.1. The number of rotatable bonds is 5. The van der Waals surface area contributed by atoms with Crippen molar-refractivity contribution in [3.63, 3.8) is 0 Å². The van der Waals surface area contributed by atoms with E-state index < -0.39 is 11.7 Å². The van der Waals surface area contributed by atoms with Crippen molar-refractivity contribution >= 4 is 33.3 Å². The Bertz CT molecular complexity index is 516. The normalized spacial score (nSPS) is 14.4. The summed E-state index contributed by atoms with van der Waals surface area (Å²) in [5.41, 5.74) is 1.20. The molecule has 0 fully saturated rings. The van der Waals surface area contributed by atoms with Gasteiger partial charge >= 0.3 is 5.91 Å². The highest BCUT2D eigenvalue weighted by Crippen LogP contribution is 2.31. The largest absolute Gasteiger partial charge is 0.300 e. The molecule has 0 bridgehead atoms. The minimum atomic E-state index is -0.434. The fraction of sp³-hybridized carbons (Fsp3) is 0.429. The molecular weight excluding hydrogens is 308 g/mol. The Morgan fingerprint density at radius 3 is 2.74 bits per heavy atom. The van der Waals surface area contributed by atoms with Crippen molar-refractivity contribution in [2.45, 2.75) is 19.8 Å². The van der Waals surface area contributed by atoms with Crippen molar-refractivity contribution in [1.82, 2.24) is 4.90 Å². The SMILES string of the molecule is CCCCN(C)CN1C(=O)C(=O)c2cc(Br)ccc21. The highest BCUT2D eigenvalue weighted by Gasteiger charge is 2.36. The Morgan fingerprint density at radius 2 is 2.05 bits per heavy atom. The Hall–Kier alpha value is -1.20. The molecule has 2 rings (SSSR count). The average Bonchev–Trinajstić information content (AvgIpc) is 2.61. The number of anilines is 1. The molecule has 0 unspecified atom stereocenters. The van der Waals surface area contributed by atoms with Crippen molar-refractivity contribution in [2.24, 2.45) is 0 Å². The number of amides is 1. The lowest BCUT2D eigenvalue weighted by molar-refractivity contribution is -0.114. The van der Waals surface area contributed by atoms with E-state index in [1.165, 1.54) is 0 Å². The Labute approximate surface area is 121 Å². The van der Waals surface area contributed by atoms with E-state index >= 15 is 0 Å². The summed E-state index contributed by atoms with van der Waals surface area (Å²) in [6, 6.07) is 5.38. The van der Waals surface area contributed by atoms with Crippen LogP contribution in [0.5, 0.6) is 0 Å². The summed E-state index contributed by atoms with van der Waals surface area (Å²) >= 11 is 3.32. The second kappa shape index (κ2) is 5.84. The number of hydrogen-bond acceptors (Lipinski definition) is 3. The highest BCUT2D eigenvalue weighted by molar-refractivity contribution is 9.10. The van der Waals surface area contributed by atoms with E-state index in [4.69, 9.17) is 0 Å². The zero-order valence-corrected chi connectivity index (χ0v) is 12.7. The summed E-state index contributed by atoms with van der Waals surface area (Å²) in [5, 5.41) is 0.